The van der Waals surface area contributed by atoms with Crippen molar-refractivity contribution in [3.8, 4) is 5.75 Å². The van der Waals surface area contributed by atoms with Gasteiger partial charge in [-0.25, -0.2) is 4.79 Å². The number of urea groups is 1. The fourth-order valence-electron chi connectivity index (χ4n) is 6.67. The molecule has 1 atom stereocenters. The minimum Gasteiger partial charge on any atom is -0.493 e. The van der Waals surface area contributed by atoms with Gasteiger partial charge in [0.1, 0.15) is 11.6 Å². The fraction of sp³-hybridized carbons (Fsp3) is 0.571. The molecule has 1 aromatic heterocycles. The standard InChI is InChI=1S/C42H59Cl2N5O5/c1-9-54-36-27-37(41(2,3)4)45-28-35(36)39(46-42(5,6)32-12-16-34(44)17-13-32)49(29-31-10-14-33(43)15-11-31)40(51)48-20-18-30(19-21-48)26-38(50)47(22-24-52-7)23-25-53-8/h10-12,14-17,27-28,30,32H,9,13,18-26,29H2,1-8H3. The smallest absolute Gasteiger partial charge is 0.325 e. The summed E-state index contributed by atoms with van der Waals surface area (Å²) < 4.78 is 16.8. The van der Waals surface area contributed by atoms with Crippen molar-refractivity contribution in [2.24, 2.45) is 16.8 Å². The lowest BCUT2D eigenvalue weighted by atomic mass is 9.83. The van der Waals surface area contributed by atoms with Crippen molar-refractivity contribution in [1.82, 2.24) is 19.7 Å². The van der Waals surface area contributed by atoms with Gasteiger partial charge in [-0.05, 0) is 69.7 Å². The number of pyridine rings is 1. The highest BCUT2D eigenvalue weighted by molar-refractivity contribution is 6.31. The highest BCUT2D eigenvalue weighted by atomic mass is 35.5. The van der Waals surface area contributed by atoms with Crippen molar-refractivity contribution in [3.05, 3.63) is 81.6 Å². The van der Waals surface area contributed by atoms with Gasteiger partial charge < -0.3 is 24.0 Å². The Labute approximate surface area is 332 Å². The molecule has 1 aromatic carbocycles. The van der Waals surface area contributed by atoms with Crippen LogP contribution >= 0.6 is 23.2 Å². The van der Waals surface area contributed by atoms with E-state index in [0.29, 0.717) is 98.9 Å². The van der Waals surface area contributed by atoms with Gasteiger partial charge in [0.2, 0.25) is 5.91 Å². The minimum absolute atomic E-state index is 0.0282. The number of aromatic nitrogens is 1. The quantitative estimate of drug-likeness (QED) is 0.133. The fourth-order valence-corrected chi connectivity index (χ4v) is 6.96. The summed E-state index contributed by atoms with van der Waals surface area (Å²) in [6, 6.07) is 9.34. The third-order valence-corrected chi connectivity index (χ3v) is 10.6. The van der Waals surface area contributed by atoms with Gasteiger partial charge in [-0.1, -0.05) is 68.3 Å². The van der Waals surface area contributed by atoms with E-state index in [9.17, 15) is 9.59 Å². The predicted octanol–water partition coefficient (Wildman–Crippen LogP) is 8.50. The Morgan fingerprint density at radius 1 is 1.00 bits per heavy atom. The van der Waals surface area contributed by atoms with E-state index < -0.39 is 5.54 Å². The van der Waals surface area contributed by atoms with Crippen LogP contribution in [-0.4, -0.2) is 103 Å². The Morgan fingerprint density at radius 3 is 2.20 bits per heavy atom. The number of amides is 3. The minimum atomic E-state index is -0.643. The summed E-state index contributed by atoms with van der Waals surface area (Å²) in [4.78, 5) is 44.2. The van der Waals surface area contributed by atoms with Gasteiger partial charge in [-0.2, -0.15) is 0 Å². The second-order valence-electron chi connectivity index (χ2n) is 15.6. The van der Waals surface area contributed by atoms with Crippen LogP contribution in [0.15, 0.2) is 64.8 Å². The number of aliphatic imine (C=N–C) groups is 1. The maximum Gasteiger partial charge on any atom is 0.325 e. The lowest BCUT2D eigenvalue weighted by molar-refractivity contribution is -0.133. The molecule has 0 radical (unpaired) electrons. The van der Waals surface area contributed by atoms with Crippen molar-refractivity contribution in [1.29, 1.82) is 0 Å². The van der Waals surface area contributed by atoms with Crippen LogP contribution in [0, 0.1) is 11.8 Å². The Kier molecular flexibility index (Phi) is 16.0. The normalized spacial score (nSPS) is 17.0. The SMILES string of the molecule is CCOc1cc(C(C)(C)C)ncc1C(=NC(C)(C)C1C=CC(Cl)=CC1)N(Cc1ccc(Cl)cc1)C(=O)N1CCC(CC(=O)N(CCOC)CCOC)CC1. The Bertz CT molecular complexity index is 1640. The van der Waals surface area contributed by atoms with Crippen LogP contribution in [0.1, 0.15) is 84.0 Å². The molecule has 0 bridgehead atoms. The number of likely N-dealkylation sites (tertiary alicyclic amines) is 1. The lowest BCUT2D eigenvalue weighted by Crippen LogP contribution is -2.50. The van der Waals surface area contributed by atoms with Gasteiger partial charge in [0, 0.05) is 86.2 Å². The molecule has 296 valence electrons. The molecule has 1 fully saturated rings. The third kappa shape index (κ3) is 12.0. The van der Waals surface area contributed by atoms with Crippen molar-refractivity contribution in [3.63, 3.8) is 0 Å². The molecule has 2 aromatic rings. The summed E-state index contributed by atoms with van der Waals surface area (Å²) in [5, 5.41) is 1.32. The maximum atomic E-state index is 15.0. The van der Waals surface area contributed by atoms with E-state index in [1.807, 2.05) is 59.2 Å². The van der Waals surface area contributed by atoms with Gasteiger partial charge in [0.05, 0.1) is 37.5 Å². The summed E-state index contributed by atoms with van der Waals surface area (Å²) in [5.74, 6) is 1.36. The first-order chi connectivity index (χ1) is 25.7. The molecule has 0 N–H and O–H groups in total. The average molecular weight is 785 g/mol. The molecular formula is C42H59Cl2N5O5. The monoisotopic (exact) mass is 783 g/mol. The second kappa shape index (κ2) is 19.9. The van der Waals surface area contributed by atoms with Crippen LogP contribution in [0.5, 0.6) is 5.75 Å². The van der Waals surface area contributed by atoms with E-state index in [4.69, 9.17) is 47.4 Å². The number of carbonyl (C=O) groups is 2. The number of hydrogen-bond acceptors (Lipinski definition) is 7. The zero-order chi connectivity index (χ0) is 39.5. The average Bonchev–Trinajstić information content (AvgIpc) is 3.14. The van der Waals surface area contributed by atoms with Crippen LogP contribution in [0.25, 0.3) is 0 Å². The number of rotatable bonds is 15. The molecule has 12 heteroatoms. The largest absolute Gasteiger partial charge is 0.493 e. The zero-order valence-corrected chi connectivity index (χ0v) is 34.9. The number of nitrogens with zero attached hydrogens (tertiary/aromatic N) is 5. The van der Waals surface area contributed by atoms with Gasteiger partial charge in [0.25, 0.3) is 0 Å². The van der Waals surface area contributed by atoms with Crippen LogP contribution < -0.4 is 4.74 Å². The highest BCUT2D eigenvalue weighted by Gasteiger charge is 2.36. The van der Waals surface area contributed by atoms with Gasteiger partial charge in [0.15, 0.2) is 0 Å². The first kappa shape index (κ1) is 43.3. The predicted molar refractivity (Wildman–Crippen MR) is 218 cm³/mol. The third-order valence-electron chi connectivity index (χ3n) is 10.1. The van der Waals surface area contributed by atoms with E-state index in [1.54, 1.807) is 25.3 Å². The number of benzene rings is 1. The Balaban J connectivity index is 1.73. The molecule has 1 unspecified atom stereocenters. The summed E-state index contributed by atoms with van der Waals surface area (Å²) >= 11 is 12.6. The Morgan fingerprint density at radius 2 is 1.65 bits per heavy atom. The first-order valence-corrected chi connectivity index (χ1v) is 19.8. The topological polar surface area (TPSA) is 96.8 Å². The molecule has 1 aliphatic heterocycles. The van der Waals surface area contributed by atoms with Crippen LogP contribution in [0.2, 0.25) is 5.02 Å². The van der Waals surface area contributed by atoms with E-state index in [1.165, 1.54) is 0 Å². The van der Waals surface area contributed by atoms with Crippen molar-refractivity contribution < 1.29 is 23.8 Å². The second-order valence-corrected chi connectivity index (χ2v) is 16.5. The van der Waals surface area contributed by atoms with E-state index in [0.717, 1.165) is 11.3 Å². The number of allylic oxidation sites excluding steroid dienone is 3. The van der Waals surface area contributed by atoms with Crippen molar-refractivity contribution in [2.45, 2.75) is 84.7 Å². The molecule has 2 aliphatic rings. The van der Waals surface area contributed by atoms with Crippen molar-refractivity contribution in [2.75, 3.05) is 60.2 Å². The molecular weight excluding hydrogens is 725 g/mol. The molecule has 2 heterocycles. The van der Waals surface area contributed by atoms with Crippen LogP contribution in [0.3, 0.4) is 0 Å². The number of amidine groups is 1. The molecule has 1 aliphatic carbocycles. The summed E-state index contributed by atoms with van der Waals surface area (Å²) in [7, 11) is 3.27. The van der Waals surface area contributed by atoms with Crippen molar-refractivity contribution >= 4 is 41.0 Å². The maximum absolute atomic E-state index is 15.0. The molecule has 54 heavy (non-hydrogen) atoms. The Hall–Kier alpha value is -3.44. The van der Waals surface area contributed by atoms with E-state index in [-0.39, 0.29) is 35.7 Å². The van der Waals surface area contributed by atoms with Gasteiger partial charge >= 0.3 is 6.03 Å². The molecule has 1 saturated heterocycles. The van der Waals surface area contributed by atoms with Crippen LogP contribution in [0.4, 0.5) is 4.79 Å². The summed E-state index contributed by atoms with van der Waals surface area (Å²) in [6.45, 7) is 16.1. The van der Waals surface area contributed by atoms with Gasteiger partial charge in [-0.3, -0.25) is 19.7 Å². The van der Waals surface area contributed by atoms with E-state index >= 15 is 0 Å². The van der Waals surface area contributed by atoms with Crippen LogP contribution in [-0.2, 0) is 26.2 Å². The lowest BCUT2D eigenvalue weighted by Gasteiger charge is -2.38. The number of ether oxygens (including phenoxy) is 3. The highest BCUT2D eigenvalue weighted by Crippen LogP contribution is 2.35. The summed E-state index contributed by atoms with van der Waals surface area (Å²) in [6.07, 6.45) is 10.4. The molecule has 4 rings (SSSR count). The number of piperidine rings is 1. The zero-order valence-electron chi connectivity index (χ0n) is 33.4. The molecule has 0 saturated carbocycles. The number of halogens is 2. The molecule has 3 amide bonds. The van der Waals surface area contributed by atoms with E-state index in [2.05, 4.69) is 40.7 Å². The first-order valence-electron chi connectivity index (χ1n) is 19.0. The number of methoxy groups -OCH3 is 2. The molecule has 0 spiro atoms. The molecule has 10 nitrogen and oxygen atoms in total. The summed E-state index contributed by atoms with van der Waals surface area (Å²) in [5.41, 5.74) is 1.54. The number of hydrogen-bond donors (Lipinski definition) is 0. The number of carbonyl (C=O) groups excluding carboxylic acids is 2. The van der Waals surface area contributed by atoms with Gasteiger partial charge in [-0.15, -0.1) is 0 Å².